The van der Waals surface area contributed by atoms with Crippen LogP contribution in [-0.2, 0) is 6.42 Å². The molecular weight excluding hydrogens is 397 g/mol. The molecule has 158 valence electrons. The lowest BCUT2D eigenvalue weighted by molar-refractivity contribution is 0.314. The smallest absolute Gasteiger partial charge is 0.200 e. The normalized spacial score (nSPS) is 11.0. The number of fused-ring (bicyclic) bond motifs is 1. The van der Waals surface area contributed by atoms with Crippen molar-refractivity contribution < 1.29 is 18.7 Å². The molecule has 0 atom stereocenters. The van der Waals surface area contributed by atoms with Crippen LogP contribution in [0.4, 0.5) is 4.39 Å². The lowest BCUT2D eigenvalue weighted by atomic mass is 10.1. The highest BCUT2D eigenvalue weighted by atomic mass is 19.1. The number of halogens is 1. The third kappa shape index (κ3) is 5.10. The summed E-state index contributed by atoms with van der Waals surface area (Å²) in [5.74, 6) is 0.530. The van der Waals surface area contributed by atoms with E-state index in [1.54, 1.807) is 42.5 Å². The number of aromatic hydroxyl groups is 1. The zero-order valence-electron chi connectivity index (χ0n) is 16.8. The first kappa shape index (κ1) is 20.6. The van der Waals surface area contributed by atoms with Crippen molar-refractivity contribution in [2.45, 2.75) is 6.42 Å². The molecule has 0 amide bonds. The van der Waals surface area contributed by atoms with Gasteiger partial charge in [0.15, 0.2) is 5.43 Å². The molecule has 6 heteroatoms. The number of hydrogen-bond donors (Lipinski definition) is 2. The maximum Gasteiger partial charge on any atom is 0.200 e. The second kappa shape index (κ2) is 9.45. The molecule has 4 rings (SSSR count). The third-order valence-electron chi connectivity index (χ3n) is 4.98. The molecule has 0 aliphatic heterocycles. The molecule has 0 saturated heterocycles. The fourth-order valence-electron chi connectivity index (χ4n) is 3.29. The van der Waals surface area contributed by atoms with Gasteiger partial charge in [-0.05, 0) is 60.5 Å². The third-order valence-corrected chi connectivity index (χ3v) is 4.98. The number of phenols is 1. The van der Waals surface area contributed by atoms with Crippen LogP contribution in [0.2, 0.25) is 0 Å². The van der Waals surface area contributed by atoms with E-state index in [9.17, 15) is 14.3 Å². The summed E-state index contributed by atoms with van der Waals surface area (Å²) in [4.78, 5) is 12.8. The van der Waals surface area contributed by atoms with Crippen molar-refractivity contribution in [2.75, 3.05) is 19.7 Å². The Hall–Kier alpha value is -3.64. The standard InChI is InChI=1S/C25H22FNO4/c26-19-5-1-17(2-6-19)11-12-27-13-14-30-21-9-10-22-24(15-21)31-16-23(25(22)29)18-3-7-20(28)8-4-18/h1-10,15-16,27-28H,11-14H2. The minimum Gasteiger partial charge on any atom is -0.508 e. The van der Waals surface area contributed by atoms with Gasteiger partial charge in [-0.3, -0.25) is 4.79 Å². The first-order chi connectivity index (χ1) is 15.1. The van der Waals surface area contributed by atoms with Crippen LogP contribution in [-0.4, -0.2) is 24.8 Å². The van der Waals surface area contributed by atoms with Crippen molar-refractivity contribution in [3.63, 3.8) is 0 Å². The summed E-state index contributed by atoms with van der Waals surface area (Å²) >= 11 is 0. The Bertz CT molecular complexity index is 1220. The second-order valence-corrected chi connectivity index (χ2v) is 7.16. The van der Waals surface area contributed by atoms with Crippen molar-refractivity contribution >= 4 is 11.0 Å². The molecule has 3 aromatic carbocycles. The molecule has 0 aliphatic carbocycles. The highest BCUT2D eigenvalue weighted by Crippen LogP contribution is 2.24. The van der Waals surface area contributed by atoms with Crippen LogP contribution in [0.5, 0.6) is 11.5 Å². The largest absolute Gasteiger partial charge is 0.508 e. The molecule has 2 N–H and O–H groups in total. The molecule has 1 heterocycles. The molecular formula is C25H22FNO4. The molecule has 0 radical (unpaired) electrons. The van der Waals surface area contributed by atoms with E-state index in [2.05, 4.69) is 5.32 Å². The molecule has 0 saturated carbocycles. The molecule has 5 nitrogen and oxygen atoms in total. The Morgan fingerprint density at radius 3 is 2.52 bits per heavy atom. The summed E-state index contributed by atoms with van der Waals surface area (Å²) in [5.41, 5.74) is 2.51. The predicted molar refractivity (Wildman–Crippen MR) is 118 cm³/mol. The molecule has 4 aromatic rings. The van der Waals surface area contributed by atoms with Gasteiger partial charge in [-0.25, -0.2) is 4.39 Å². The fourth-order valence-corrected chi connectivity index (χ4v) is 3.29. The second-order valence-electron chi connectivity index (χ2n) is 7.16. The van der Waals surface area contributed by atoms with Crippen LogP contribution in [0.25, 0.3) is 22.1 Å². The maximum atomic E-state index is 12.9. The summed E-state index contributed by atoms with van der Waals surface area (Å²) in [5, 5.41) is 13.2. The van der Waals surface area contributed by atoms with Crippen LogP contribution in [0.1, 0.15) is 5.56 Å². The van der Waals surface area contributed by atoms with E-state index in [1.165, 1.54) is 30.5 Å². The maximum absolute atomic E-state index is 12.9. The summed E-state index contributed by atoms with van der Waals surface area (Å²) in [7, 11) is 0. The molecule has 0 spiro atoms. The number of ether oxygens (including phenoxy) is 1. The van der Waals surface area contributed by atoms with Crippen molar-refractivity contribution in [3.8, 4) is 22.6 Å². The van der Waals surface area contributed by atoms with Gasteiger partial charge >= 0.3 is 0 Å². The van der Waals surface area contributed by atoms with Crippen LogP contribution >= 0.6 is 0 Å². The van der Waals surface area contributed by atoms with Crippen LogP contribution in [0, 0.1) is 5.82 Å². The lowest BCUT2D eigenvalue weighted by Gasteiger charge is -2.09. The average Bonchev–Trinajstić information content (AvgIpc) is 2.78. The topological polar surface area (TPSA) is 71.7 Å². The minimum atomic E-state index is -0.229. The zero-order valence-corrected chi connectivity index (χ0v) is 16.8. The van der Waals surface area contributed by atoms with Gasteiger partial charge in [0, 0.05) is 12.6 Å². The van der Waals surface area contributed by atoms with E-state index in [0.717, 1.165) is 18.5 Å². The number of benzene rings is 3. The quantitative estimate of drug-likeness (QED) is 0.411. The monoisotopic (exact) mass is 419 g/mol. The fraction of sp³-hybridized carbons (Fsp3) is 0.160. The van der Waals surface area contributed by atoms with E-state index in [-0.39, 0.29) is 17.0 Å². The highest BCUT2D eigenvalue weighted by molar-refractivity contribution is 5.82. The first-order valence-electron chi connectivity index (χ1n) is 10.0. The Kier molecular flexibility index (Phi) is 6.29. The van der Waals surface area contributed by atoms with Gasteiger partial charge in [-0.1, -0.05) is 24.3 Å². The Morgan fingerprint density at radius 1 is 0.968 bits per heavy atom. The van der Waals surface area contributed by atoms with Crippen molar-refractivity contribution in [1.82, 2.24) is 5.32 Å². The highest BCUT2D eigenvalue weighted by Gasteiger charge is 2.10. The van der Waals surface area contributed by atoms with Gasteiger partial charge in [-0.2, -0.15) is 0 Å². The van der Waals surface area contributed by atoms with E-state index >= 15 is 0 Å². The summed E-state index contributed by atoms with van der Waals surface area (Å²) in [6.07, 6.45) is 2.24. The van der Waals surface area contributed by atoms with E-state index in [0.29, 0.717) is 41.0 Å². The van der Waals surface area contributed by atoms with E-state index in [1.807, 2.05) is 0 Å². The van der Waals surface area contributed by atoms with Crippen LogP contribution in [0.3, 0.4) is 0 Å². The van der Waals surface area contributed by atoms with Gasteiger partial charge in [-0.15, -0.1) is 0 Å². The molecule has 0 bridgehead atoms. The SMILES string of the molecule is O=c1c(-c2ccc(O)cc2)coc2cc(OCCNCCc3ccc(F)cc3)ccc12. The number of hydrogen-bond acceptors (Lipinski definition) is 5. The Morgan fingerprint density at radius 2 is 1.74 bits per heavy atom. The van der Waals surface area contributed by atoms with Crippen molar-refractivity contribution in [1.29, 1.82) is 0 Å². The predicted octanol–water partition coefficient (Wildman–Crippen LogP) is 4.52. The van der Waals surface area contributed by atoms with Gasteiger partial charge in [0.1, 0.15) is 35.8 Å². The van der Waals surface area contributed by atoms with Gasteiger partial charge < -0.3 is 19.6 Å². The molecule has 31 heavy (non-hydrogen) atoms. The minimum absolute atomic E-state index is 0.138. The average molecular weight is 419 g/mol. The zero-order chi connectivity index (χ0) is 21.6. The van der Waals surface area contributed by atoms with Gasteiger partial charge in [0.25, 0.3) is 0 Å². The van der Waals surface area contributed by atoms with Gasteiger partial charge in [0.2, 0.25) is 0 Å². The van der Waals surface area contributed by atoms with E-state index in [4.69, 9.17) is 9.15 Å². The van der Waals surface area contributed by atoms with Gasteiger partial charge in [0.05, 0.1) is 10.9 Å². The summed E-state index contributed by atoms with van der Waals surface area (Å²) in [6.45, 7) is 1.88. The molecule has 0 aliphatic rings. The Balaban J connectivity index is 1.33. The first-order valence-corrected chi connectivity index (χ1v) is 10.0. The number of nitrogens with one attached hydrogen (secondary N) is 1. The summed E-state index contributed by atoms with van der Waals surface area (Å²) in [6, 6.07) is 18.0. The number of phenolic OH excluding ortho intramolecular Hbond substituents is 1. The molecule has 1 aromatic heterocycles. The summed E-state index contributed by atoms with van der Waals surface area (Å²) < 4.78 is 24.3. The van der Waals surface area contributed by atoms with Crippen molar-refractivity contribution in [2.24, 2.45) is 0 Å². The van der Waals surface area contributed by atoms with Crippen molar-refractivity contribution in [3.05, 3.63) is 94.6 Å². The molecule has 0 fully saturated rings. The Labute approximate surface area is 178 Å². The van der Waals surface area contributed by atoms with E-state index < -0.39 is 0 Å². The number of rotatable bonds is 8. The molecule has 0 unspecified atom stereocenters. The van der Waals surface area contributed by atoms with Crippen LogP contribution in [0.15, 0.2) is 82.2 Å². The lowest BCUT2D eigenvalue weighted by Crippen LogP contribution is -2.23. The van der Waals surface area contributed by atoms with Crippen LogP contribution < -0.4 is 15.5 Å².